The second-order valence-corrected chi connectivity index (χ2v) is 5.80. The third kappa shape index (κ3) is 2.21. The Bertz CT molecular complexity index is 424. The summed E-state index contributed by atoms with van der Waals surface area (Å²) in [6.07, 6.45) is 1.30. The van der Waals surface area contributed by atoms with Crippen LogP contribution in [0.25, 0.3) is 0 Å². The van der Waals surface area contributed by atoms with Crippen LogP contribution in [0.1, 0.15) is 12.0 Å². The lowest BCUT2D eigenvalue weighted by molar-refractivity contribution is 0.215. The molecule has 3 rings (SSSR count). The first-order valence-electron chi connectivity index (χ1n) is 6.06. The Balaban J connectivity index is 1.76. The fourth-order valence-corrected chi connectivity index (χ4v) is 3.25. The Morgan fingerprint density at radius 1 is 1.53 bits per heavy atom. The number of halogens is 1. The van der Waals surface area contributed by atoms with Gasteiger partial charge < -0.3 is 10.1 Å². The van der Waals surface area contributed by atoms with Crippen LogP contribution in [0.15, 0.2) is 22.7 Å². The number of methoxy groups -OCH3 is 1. The van der Waals surface area contributed by atoms with Crippen molar-refractivity contribution in [3.63, 3.8) is 0 Å². The molecule has 2 aliphatic heterocycles. The second kappa shape index (κ2) is 4.59. The van der Waals surface area contributed by atoms with Crippen molar-refractivity contribution in [1.82, 2.24) is 10.2 Å². The van der Waals surface area contributed by atoms with Crippen molar-refractivity contribution in [3.05, 3.63) is 28.2 Å². The second-order valence-electron chi connectivity index (χ2n) is 4.88. The minimum Gasteiger partial charge on any atom is -0.496 e. The molecule has 0 amide bonds. The minimum absolute atomic E-state index is 0.710. The van der Waals surface area contributed by atoms with Crippen molar-refractivity contribution >= 4 is 15.9 Å². The standard InChI is InChI=1S/C13H17BrN2O/c1-17-13-4-10(14)3-2-9(13)7-16-8-11-5-12(16)6-15-11/h2-4,11-12,15H,5-8H2,1H3/t11-,12?/m0/s1. The number of hydrogen-bond acceptors (Lipinski definition) is 3. The lowest BCUT2D eigenvalue weighted by atomic mass is 10.1. The van der Waals surface area contributed by atoms with Crippen molar-refractivity contribution in [3.8, 4) is 5.75 Å². The van der Waals surface area contributed by atoms with Gasteiger partial charge in [-0.3, -0.25) is 4.90 Å². The molecule has 0 spiro atoms. The molecule has 1 unspecified atom stereocenters. The maximum Gasteiger partial charge on any atom is 0.124 e. The summed E-state index contributed by atoms with van der Waals surface area (Å²) in [6.45, 7) is 3.31. The molecular formula is C13H17BrN2O. The highest BCUT2D eigenvalue weighted by atomic mass is 79.9. The first-order chi connectivity index (χ1) is 8.26. The molecule has 92 valence electrons. The fraction of sp³-hybridized carbons (Fsp3) is 0.538. The van der Waals surface area contributed by atoms with Crippen LogP contribution in [0, 0.1) is 0 Å². The van der Waals surface area contributed by atoms with Gasteiger partial charge in [-0.05, 0) is 18.6 Å². The summed E-state index contributed by atoms with van der Waals surface area (Å²) in [5, 5.41) is 3.53. The Labute approximate surface area is 110 Å². The predicted molar refractivity (Wildman–Crippen MR) is 71.3 cm³/mol. The number of ether oxygens (including phenoxy) is 1. The Kier molecular flexibility index (Phi) is 3.11. The van der Waals surface area contributed by atoms with Gasteiger partial charge in [-0.1, -0.05) is 22.0 Å². The van der Waals surface area contributed by atoms with E-state index in [0.29, 0.717) is 12.1 Å². The Hall–Kier alpha value is -0.580. The summed E-state index contributed by atoms with van der Waals surface area (Å²) in [5.41, 5.74) is 1.28. The largest absolute Gasteiger partial charge is 0.496 e. The molecule has 17 heavy (non-hydrogen) atoms. The monoisotopic (exact) mass is 296 g/mol. The summed E-state index contributed by atoms with van der Waals surface area (Å²) < 4.78 is 6.52. The molecule has 0 aromatic heterocycles. The first-order valence-corrected chi connectivity index (χ1v) is 6.85. The van der Waals surface area contributed by atoms with Gasteiger partial charge >= 0.3 is 0 Å². The van der Waals surface area contributed by atoms with E-state index in [9.17, 15) is 0 Å². The maximum atomic E-state index is 5.44. The molecule has 0 radical (unpaired) electrons. The summed E-state index contributed by atoms with van der Waals surface area (Å²) in [4.78, 5) is 2.56. The molecule has 1 N–H and O–H groups in total. The molecule has 0 saturated carbocycles. The Morgan fingerprint density at radius 3 is 3.06 bits per heavy atom. The highest BCUT2D eigenvalue weighted by molar-refractivity contribution is 9.10. The summed E-state index contributed by atoms with van der Waals surface area (Å²) in [5.74, 6) is 0.982. The molecule has 2 aliphatic rings. The molecule has 2 heterocycles. The normalized spacial score (nSPS) is 27.6. The van der Waals surface area contributed by atoms with Crippen LogP contribution in [0.5, 0.6) is 5.75 Å². The zero-order chi connectivity index (χ0) is 11.8. The number of nitrogens with one attached hydrogen (secondary N) is 1. The summed E-state index contributed by atoms with van der Waals surface area (Å²) in [6, 6.07) is 7.71. The van der Waals surface area contributed by atoms with Gasteiger partial charge in [0.1, 0.15) is 5.75 Å². The molecule has 2 atom stereocenters. The quantitative estimate of drug-likeness (QED) is 0.923. The molecule has 2 saturated heterocycles. The number of benzene rings is 1. The smallest absolute Gasteiger partial charge is 0.124 e. The van der Waals surface area contributed by atoms with Crippen molar-refractivity contribution in [2.45, 2.75) is 25.0 Å². The third-order valence-corrected chi connectivity index (χ3v) is 4.29. The molecule has 1 aromatic rings. The van der Waals surface area contributed by atoms with Crippen molar-refractivity contribution in [2.24, 2.45) is 0 Å². The molecule has 2 bridgehead atoms. The van der Waals surface area contributed by atoms with Gasteiger partial charge in [-0.25, -0.2) is 0 Å². The van der Waals surface area contributed by atoms with E-state index in [2.05, 4.69) is 38.3 Å². The molecule has 3 nitrogen and oxygen atoms in total. The van der Waals surface area contributed by atoms with Crippen LogP contribution >= 0.6 is 15.9 Å². The fourth-order valence-electron chi connectivity index (χ4n) is 2.91. The number of piperazine rings is 1. The minimum atomic E-state index is 0.710. The van der Waals surface area contributed by atoms with Crippen LogP contribution < -0.4 is 10.1 Å². The van der Waals surface area contributed by atoms with Gasteiger partial charge in [-0.15, -0.1) is 0 Å². The number of nitrogens with zero attached hydrogens (tertiary/aromatic N) is 1. The van der Waals surface area contributed by atoms with Gasteiger partial charge in [0, 0.05) is 41.8 Å². The third-order valence-electron chi connectivity index (χ3n) is 3.79. The molecule has 0 aliphatic carbocycles. The zero-order valence-electron chi connectivity index (χ0n) is 9.95. The van der Waals surface area contributed by atoms with Crippen molar-refractivity contribution in [2.75, 3.05) is 20.2 Å². The van der Waals surface area contributed by atoms with E-state index >= 15 is 0 Å². The van der Waals surface area contributed by atoms with Gasteiger partial charge in [0.15, 0.2) is 0 Å². The van der Waals surface area contributed by atoms with E-state index in [1.807, 2.05) is 6.07 Å². The predicted octanol–water partition coefficient (Wildman–Crippen LogP) is 2.00. The van der Waals surface area contributed by atoms with E-state index in [0.717, 1.165) is 23.3 Å². The number of likely N-dealkylation sites (tertiary alicyclic amines) is 1. The van der Waals surface area contributed by atoms with Gasteiger partial charge in [0.05, 0.1) is 7.11 Å². The number of rotatable bonds is 3. The maximum absolute atomic E-state index is 5.44. The van der Waals surface area contributed by atoms with Gasteiger partial charge in [0.2, 0.25) is 0 Å². The zero-order valence-corrected chi connectivity index (χ0v) is 11.5. The lowest BCUT2D eigenvalue weighted by Gasteiger charge is -2.27. The number of hydrogen-bond donors (Lipinski definition) is 1. The lowest BCUT2D eigenvalue weighted by Crippen LogP contribution is -2.43. The molecule has 2 fully saturated rings. The highest BCUT2D eigenvalue weighted by Gasteiger charge is 2.37. The molecule has 4 heteroatoms. The van der Waals surface area contributed by atoms with Crippen LogP contribution in [-0.4, -0.2) is 37.2 Å². The topological polar surface area (TPSA) is 24.5 Å². The van der Waals surface area contributed by atoms with Crippen LogP contribution in [-0.2, 0) is 6.54 Å². The number of fused-ring (bicyclic) bond motifs is 2. The average molecular weight is 297 g/mol. The van der Waals surface area contributed by atoms with Gasteiger partial charge in [0.25, 0.3) is 0 Å². The van der Waals surface area contributed by atoms with Crippen LogP contribution in [0.3, 0.4) is 0 Å². The van der Waals surface area contributed by atoms with E-state index in [4.69, 9.17) is 4.74 Å². The molecular weight excluding hydrogens is 280 g/mol. The first kappa shape index (κ1) is 11.5. The van der Waals surface area contributed by atoms with Crippen molar-refractivity contribution in [1.29, 1.82) is 0 Å². The average Bonchev–Trinajstić information content (AvgIpc) is 2.93. The van der Waals surface area contributed by atoms with E-state index in [1.54, 1.807) is 7.11 Å². The van der Waals surface area contributed by atoms with Crippen LogP contribution in [0.4, 0.5) is 0 Å². The van der Waals surface area contributed by atoms with Gasteiger partial charge in [-0.2, -0.15) is 0 Å². The van der Waals surface area contributed by atoms with Crippen LogP contribution in [0.2, 0.25) is 0 Å². The summed E-state index contributed by atoms with van der Waals surface area (Å²) >= 11 is 3.48. The van der Waals surface area contributed by atoms with Crippen molar-refractivity contribution < 1.29 is 4.74 Å². The molecule has 1 aromatic carbocycles. The highest BCUT2D eigenvalue weighted by Crippen LogP contribution is 2.29. The van der Waals surface area contributed by atoms with E-state index in [-0.39, 0.29) is 0 Å². The Morgan fingerprint density at radius 2 is 2.41 bits per heavy atom. The van der Waals surface area contributed by atoms with E-state index < -0.39 is 0 Å². The summed E-state index contributed by atoms with van der Waals surface area (Å²) in [7, 11) is 1.74. The van der Waals surface area contributed by atoms with E-state index in [1.165, 1.54) is 18.5 Å². The SMILES string of the molecule is COc1cc(Br)ccc1CN1C[C@@H]2CC1CN2.